The van der Waals surface area contributed by atoms with Gasteiger partial charge in [-0.2, -0.15) is 5.26 Å². The Hall–Kier alpha value is -1.34. The average Bonchev–Trinajstić information content (AvgIpc) is 2.20. The van der Waals surface area contributed by atoms with Crippen LogP contribution in [0.2, 0.25) is 5.02 Å². The molecule has 3 nitrogen and oxygen atoms in total. The summed E-state index contributed by atoms with van der Waals surface area (Å²) in [6.45, 7) is 4.31. The van der Waals surface area contributed by atoms with Gasteiger partial charge in [0.2, 0.25) is 0 Å². The van der Waals surface area contributed by atoms with Crippen molar-refractivity contribution in [1.29, 1.82) is 5.26 Å². The summed E-state index contributed by atoms with van der Waals surface area (Å²) in [7, 11) is 0. The molecule has 0 fully saturated rings. The summed E-state index contributed by atoms with van der Waals surface area (Å²) in [5.41, 5.74) is 0. The second kappa shape index (κ2) is 5.66. The number of halogens is 2. The first-order valence-electron chi connectivity index (χ1n) is 5.01. The molecule has 16 heavy (non-hydrogen) atoms. The predicted octanol–water partition coefficient (Wildman–Crippen LogP) is 3.00. The molecule has 1 aromatic rings. The molecular weight excluding hydrogens is 229 g/mol. The molecule has 0 bridgehead atoms. The van der Waals surface area contributed by atoms with E-state index in [9.17, 15) is 4.39 Å². The summed E-state index contributed by atoms with van der Waals surface area (Å²) in [6.07, 6.45) is 1.74. The summed E-state index contributed by atoms with van der Waals surface area (Å²) >= 11 is 5.63. The number of rotatable bonds is 4. The summed E-state index contributed by atoms with van der Waals surface area (Å²) in [4.78, 5) is 5.71. The number of aromatic nitrogens is 1. The minimum Gasteiger partial charge on any atom is -0.351 e. The molecule has 0 saturated heterocycles. The van der Waals surface area contributed by atoms with Gasteiger partial charge in [0, 0.05) is 18.8 Å². The van der Waals surface area contributed by atoms with Crippen molar-refractivity contribution in [1.82, 2.24) is 4.98 Å². The van der Waals surface area contributed by atoms with Crippen molar-refractivity contribution in [3.8, 4) is 6.07 Å². The summed E-state index contributed by atoms with van der Waals surface area (Å²) in [6, 6.07) is 3.34. The van der Waals surface area contributed by atoms with Crippen LogP contribution in [0.15, 0.2) is 12.3 Å². The van der Waals surface area contributed by atoms with E-state index in [1.165, 1.54) is 12.3 Å². The second-order valence-electron chi connectivity index (χ2n) is 3.65. The fraction of sp³-hybridized carbons (Fsp3) is 0.455. The van der Waals surface area contributed by atoms with Crippen LogP contribution in [0, 0.1) is 17.1 Å². The van der Waals surface area contributed by atoms with E-state index in [1.807, 2.05) is 19.9 Å². The maximum atomic E-state index is 13.6. The molecule has 0 aliphatic heterocycles. The van der Waals surface area contributed by atoms with E-state index in [4.69, 9.17) is 16.9 Å². The number of anilines is 1. The highest BCUT2D eigenvalue weighted by Gasteiger charge is 2.16. The molecule has 5 heteroatoms. The molecule has 1 rings (SSSR count). The van der Waals surface area contributed by atoms with Crippen LogP contribution in [0.5, 0.6) is 0 Å². The summed E-state index contributed by atoms with van der Waals surface area (Å²) in [5.74, 6) is -0.214. The van der Waals surface area contributed by atoms with E-state index < -0.39 is 5.82 Å². The summed E-state index contributed by atoms with van der Waals surface area (Å²) in [5, 5.41) is 8.81. The predicted molar refractivity (Wildman–Crippen MR) is 61.9 cm³/mol. The molecule has 86 valence electrons. The molecule has 0 aromatic carbocycles. The normalized spacial score (nSPS) is 10.2. The largest absolute Gasteiger partial charge is 0.351 e. The topological polar surface area (TPSA) is 39.9 Å². The van der Waals surface area contributed by atoms with Crippen molar-refractivity contribution < 1.29 is 4.39 Å². The zero-order chi connectivity index (χ0) is 12.1. The number of nitrogens with zero attached hydrogens (tertiary/aromatic N) is 3. The van der Waals surface area contributed by atoms with Crippen molar-refractivity contribution in [3.05, 3.63) is 23.1 Å². The van der Waals surface area contributed by atoms with Crippen LogP contribution in [0.25, 0.3) is 0 Å². The molecule has 0 unspecified atom stereocenters. The molecule has 1 heterocycles. The number of hydrogen-bond acceptors (Lipinski definition) is 3. The fourth-order valence-corrected chi connectivity index (χ4v) is 1.54. The van der Waals surface area contributed by atoms with Crippen molar-refractivity contribution in [2.75, 3.05) is 11.4 Å². The van der Waals surface area contributed by atoms with Crippen LogP contribution in [-0.2, 0) is 0 Å². The molecule has 0 aliphatic rings. The van der Waals surface area contributed by atoms with Gasteiger partial charge in [0.05, 0.1) is 17.5 Å². The Balaban J connectivity index is 2.97. The maximum Gasteiger partial charge on any atom is 0.167 e. The van der Waals surface area contributed by atoms with E-state index in [2.05, 4.69) is 4.98 Å². The van der Waals surface area contributed by atoms with Gasteiger partial charge in [-0.15, -0.1) is 0 Å². The molecule has 1 aromatic heterocycles. The molecule has 0 N–H and O–H groups in total. The Bertz CT molecular complexity index is 401. The van der Waals surface area contributed by atoms with Gasteiger partial charge >= 0.3 is 0 Å². The number of pyridine rings is 1. The molecule has 0 amide bonds. The van der Waals surface area contributed by atoms with Crippen LogP contribution in [0.4, 0.5) is 10.2 Å². The first-order chi connectivity index (χ1) is 7.56. The molecule has 0 radical (unpaired) electrons. The van der Waals surface area contributed by atoms with E-state index in [-0.39, 0.29) is 16.9 Å². The van der Waals surface area contributed by atoms with E-state index in [0.29, 0.717) is 13.0 Å². The SMILES string of the molecule is CC(C)N(CCC#N)c1ncc(Cl)cc1F. The van der Waals surface area contributed by atoms with Gasteiger partial charge in [0.15, 0.2) is 11.6 Å². The Labute approximate surface area is 99.5 Å². The van der Waals surface area contributed by atoms with Crippen LogP contribution < -0.4 is 4.90 Å². The highest BCUT2D eigenvalue weighted by atomic mass is 35.5. The van der Waals surface area contributed by atoms with Crippen LogP contribution in [-0.4, -0.2) is 17.6 Å². The Kier molecular flexibility index (Phi) is 4.51. The molecule has 0 atom stereocenters. The minimum absolute atomic E-state index is 0.0801. The van der Waals surface area contributed by atoms with Gasteiger partial charge in [-0.05, 0) is 19.9 Å². The number of hydrogen-bond donors (Lipinski definition) is 0. The first-order valence-corrected chi connectivity index (χ1v) is 5.38. The minimum atomic E-state index is -0.459. The fourth-order valence-electron chi connectivity index (χ4n) is 1.40. The highest BCUT2D eigenvalue weighted by Crippen LogP contribution is 2.21. The third-order valence-electron chi connectivity index (χ3n) is 2.15. The van der Waals surface area contributed by atoms with Crippen LogP contribution in [0.3, 0.4) is 0 Å². The van der Waals surface area contributed by atoms with Crippen LogP contribution >= 0.6 is 11.6 Å². The van der Waals surface area contributed by atoms with Gasteiger partial charge < -0.3 is 4.90 Å². The Morgan fingerprint density at radius 1 is 1.62 bits per heavy atom. The average molecular weight is 242 g/mol. The Morgan fingerprint density at radius 3 is 2.81 bits per heavy atom. The van der Waals surface area contributed by atoms with E-state index >= 15 is 0 Å². The van der Waals surface area contributed by atoms with Crippen molar-refractivity contribution in [2.24, 2.45) is 0 Å². The van der Waals surface area contributed by atoms with E-state index in [0.717, 1.165) is 0 Å². The first kappa shape index (κ1) is 12.7. The summed E-state index contributed by atoms with van der Waals surface area (Å²) < 4.78 is 13.6. The lowest BCUT2D eigenvalue weighted by Crippen LogP contribution is -2.33. The lowest BCUT2D eigenvalue weighted by Gasteiger charge is -2.27. The smallest absolute Gasteiger partial charge is 0.167 e. The van der Waals surface area contributed by atoms with Crippen LogP contribution in [0.1, 0.15) is 20.3 Å². The monoisotopic (exact) mass is 241 g/mol. The van der Waals surface area contributed by atoms with Gasteiger partial charge in [-0.1, -0.05) is 11.6 Å². The third kappa shape index (κ3) is 3.07. The van der Waals surface area contributed by atoms with Gasteiger partial charge in [-0.25, -0.2) is 9.37 Å². The van der Waals surface area contributed by atoms with E-state index in [1.54, 1.807) is 4.90 Å². The van der Waals surface area contributed by atoms with Gasteiger partial charge in [0.25, 0.3) is 0 Å². The number of nitriles is 1. The van der Waals surface area contributed by atoms with Crippen molar-refractivity contribution in [2.45, 2.75) is 26.3 Å². The van der Waals surface area contributed by atoms with Gasteiger partial charge in [-0.3, -0.25) is 0 Å². The standard InChI is InChI=1S/C11H13ClFN3/c1-8(2)16(5-3-4-14)11-10(13)6-9(12)7-15-11/h6-8H,3,5H2,1-2H3. The lowest BCUT2D eigenvalue weighted by atomic mass is 10.2. The van der Waals surface area contributed by atoms with Gasteiger partial charge in [0.1, 0.15) is 0 Å². The molecular formula is C11H13ClFN3. The third-order valence-corrected chi connectivity index (χ3v) is 2.35. The van der Waals surface area contributed by atoms with Crippen molar-refractivity contribution in [3.63, 3.8) is 0 Å². The maximum absolute atomic E-state index is 13.6. The zero-order valence-electron chi connectivity index (χ0n) is 9.24. The molecule has 0 aliphatic carbocycles. The quantitative estimate of drug-likeness (QED) is 0.814. The highest BCUT2D eigenvalue weighted by molar-refractivity contribution is 6.30. The zero-order valence-corrected chi connectivity index (χ0v) is 10.00. The molecule has 0 saturated carbocycles. The molecule has 0 spiro atoms. The van der Waals surface area contributed by atoms with Crippen molar-refractivity contribution >= 4 is 17.4 Å². The second-order valence-corrected chi connectivity index (χ2v) is 4.09. The Morgan fingerprint density at radius 2 is 2.31 bits per heavy atom. The lowest BCUT2D eigenvalue weighted by molar-refractivity contribution is 0.590.